The van der Waals surface area contributed by atoms with Gasteiger partial charge in [0.1, 0.15) is 11.6 Å². The molecule has 0 aromatic heterocycles. The molecule has 0 radical (unpaired) electrons. The van der Waals surface area contributed by atoms with Crippen molar-refractivity contribution in [3.05, 3.63) is 136 Å². The molecular formula is C34H33FN2O2. The summed E-state index contributed by atoms with van der Waals surface area (Å²) in [6.45, 7) is 1.31. The van der Waals surface area contributed by atoms with Crippen LogP contribution in [0.15, 0.2) is 97.1 Å². The van der Waals surface area contributed by atoms with E-state index in [1.54, 1.807) is 19.2 Å². The summed E-state index contributed by atoms with van der Waals surface area (Å²) in [7, 11) is 1.67. The van der Waals surface area contributed by atoms with Gasteiger partial charge in [-0.05, 0) is 65.3 Å². The molecule has 0 bridgehead atoms. The normalized spacial score (nSPS) is 16.9. The van der Waals surface area contributed by atoms with Crippen molar-refractivity contribution >= 4 is 5.91 Å². The van der Waals surface area contributed by atoms with Gasteiger partial charge in [0.05, 0.1) is 19.7 Å². The van der Waals surface area contributed by atoms with Crippen molar-refractivity contribution in [2.75, 3.05) is 20.2 Å². The second-order valence-electron chi connectivity index (χ2n) is 10.5. The van der Waals surface area contributed by atoms with Gasteiger partial charge in [-0.25, -0.2) is 4.39 Å². The number of carbonyl (C=O) groups excluding carboxylic acids is 1. The number of ether oxygens (including phenoxy) is 1. The number of hydrogen-bond acceptors (Lipinski definition) is 3. The van der Waals surface area contributed by atoms with Crippen LogP contribution in [0.25, 0.3) is 0 Å². The fourth-order valence-corrected chi connectivity index (χ4v) is 6.22. The lowest BCUT2D eigenvalue weighted by Crippen LogP contribution is -2.48. The summed E-state index contributed by atoms with van der Waals surface area (Å²) in [6.07, 6.45) is 2.47. The summed E-state index contributed by atoms with van der Waals surface area (Å²) < 4.78 is 20.2. The summed E-state index contributed by atoms with van der Waals surface area (Å²) in [5.74, 6) is 0.574. The van der Waals surface area contributed by atoms with E-state index in [-0.39, 0.29) is 36.9 Å². The molecule has 39 heavy (non-hydrogen) atoms. The van der Waals surface area contributed by atoms with Crippen molar-refractivity contribution in [3.8, 4) is 5.75 Å². The van der Waals surface area contributed by atoms with E-state index in [0.29, 0.717) is 5.56 Å². The minimum absolute atomic E-state index is 0.00557. The average Bonchev–Trinajstić information content (AvgIpc) is 3.40. The fourth-order valence-electron chi connectivity index (χ4n) is 6.22. The van der Waals surface area contributed by atoms with E-state index >= 15 is 0 Å². The first-order valence-corrected chi connectivity index (χ1v) is 13.7. The van der Waals surface area contributed by atoms with Crippen LogP contribution in [0.2, 0.25) is 0 Å². The lowest BCUT2D eigenvalue weighted by atomic mass is 9.88. The molecule has 0 saturated heterocycles. The number of halogens is 1. The average molecular weight is 521 g/mol. The monoisotopic (exact) mass is 520 g/mol. The molecule has 1 amide bonds. The van der Waals surface area contributed by atoms with E-state index in [0.717, 1.165) is 37.1 Å². The summed E-state index contributed by atoms with van der Waals surface area (Å²) >= 11 is 0. The van der Waals surface area contributed by atoms with E-state index < -0.39 is 0 Å². The fraction of sp³-hybridized carbons (Fsp3) is 0.265. The third-order valence-corrected chi connectivity index (χ3v) is 8.24. The van der Waals surface area contributed by atoms with Crippen LogP contribution in [0, 0.1) is 5.82 Å². The molecule has 4 aromatic rings. The molecule has 4 aromatic carbocycles. The number of carbonyl (C=O) groups is 1. The van der Waals surface area contributed by atoms with Crippen molar-refractivity contribution in [3.63, 3.8) is 0 Å². The number of fused-ring (bicyclic) bond motifs is 2. The summed E-state index contributed by atoms with van der Waals surface area (Å²) in [5, 5.41) is 0. The zero-order chi connectivity index (χ0) is 26.8. The Balaban J connectivity index is 1.31. The number of hydrogen-bond donors (Lipinski definition) is 0. The standard InChI is InChI=1S/C34H33FN2O2/c1-39-30-16-14-25(15-17-30)34-31-12-6-4-8-24(31)18-19-36(34)23-33(38)37(22-28-11-5-7-13-32(28)35)29-20-26-9-2-3-10-27(26)21-29/h2-17,29,34H,18-23H2,1H3. The predicted molar refractivity (Wildman–Crippen MR) is 151 cm³/mol. The number of nitrogens with zero attached hydrogens (tertiary/aromatic N) is 2. The third kappa shape index (κ3) is 5.19. The van der Waals surface area contributed by atoms with Gasteiger partial charge in [0.25, 0.3) is 0 Å². The van der Waals surface area contributed by atoms with Crippen LogP contribution in [-0.2, 0) is 30.6 Å². The van der Waals surface area contributed by atoms with E-state index in [1.807, 2.05) is 23.1 Å². The molecule has 0 fully saturated rings. The van der Waals surface area contributed by atoms with Gasteiger partial charge in [-0.15, -0.1) is 0 Å². The second-order valence-corrected chi connectivity index (χ2v) is 10.5. The van der Waals surface area contributed by atoms with Crippen LogP contribution in [0.3, 0.4) is 0 Å². The molecule has 5 heteroatoms. The van der Waals surface area contributed by atoms with Gasteiger partial charge >= 0.3 is 0 Å². The summed E-state index contributed by atoms with van der Waals surface area (Å²) in [5.41, 5.74) is 6.78. The van der Waals surface area contributed by atoms with Crippen molar-refractivity contribution in [1.82, 2.24) is 9.80 Å². The highest BCUT2D eigenvalue weighted by atomic mass is 19.1. The zero-order valence-electron chi connectivity index (χ0n) is 22.2. The molecular weight excluding hydrogens is 487 g/mol. The topological polar surface area (TPSA) is 32.8 Å². The molecule has 1 aliphatic carbocycles. The number of methoxy groups -OCH3 is 1. The zero-order valence-corrected chi connectivity index (χ0v) is 22.2. The first-order valence-electron chi connectivity index (χ1n) is 13.7. The van der Waals surface area contributed by atoms with Gasteiger partial charge in [0, 0.05) is 24.7 Å². The summed E-state index contributed by atoms with van der Waals surface area (Å²) in [4.78, 5) is 18.4. The molecule has 0 spiro atoms. The highest BCUT2D eigenvalue weighted by molar-refractivity contribution is 5.79. The number of amides is 1. The molecule has 0 saturated carbocycles. The van der Waals surface area contributed by atoms with Gasteiger partial charge in [0.15, 0.2) is 0 Å². The predicted octanol–water partition coefficient (Wildman–Crippen LogP) is 5.98. The maximum Gasteiger partial charge on any atom is 0.237 e. The molecule has 6 rings (SSSR count). The molecule has 1 heterocycles. The van der Waals surface area contributed by atoms with Crippen molar-refractivity contribution in [2.24, 2.45) is 0 Å². The van der Waals surface area contributed by atoms with Gasteiger partial charge in [-0.1, -0.05) is 78.9 Å². The minimum Gasteiger partial charge on any atom is -0.497 e. The van der Waals surface area contributed by atoms with E-state index in [2.05, 4.69) is 65.6 Å². The van der Waals surface area contributed by atoms with Gasteiger partial charge in [-0.2, -0.15) is 0 Å². The van der Waals surface area contributed by atoms with E-state index in [4.69, 9.17) is 4.74 Å². The molecule has 198 valence electrons. The highest BCUT2D eigenvalue weighted by Crippen LogP contribution is 2.36. The third-order valence-electron chi connectivity index (χ3n) is 8.24. The Kier molecular flexibility index (Phi) is 7.16. The second kappa shape index (κ2) is 11.0. The first kappa shape index (κ1) is 25.3. The number of rotatable bonds is 7. The quantitative estimate of drug-likeness (QED) is 0.301. The highest BCUT2D eigenvalue weighted by Gasteiger charge is 2.35. The van der Waals surface area contributed by atoms with Gasteiger partial charge < -0.3 is 9.64 Å². The molecule has 1 unspecified atom stereocenters. The number of benzene rings is 4. The van der Waals surface area contributed by atoms with Crippen molar-refractivity contribution < 1.29 is 13.9 Å². The molecule has 1 aliphatic heterocycles. The molecule has 1 atom stereocenters. The molecule has 4 nitrogen and oxygen atoms in total. The van der Waals surface area contributed by atoms with Crippen LogP contribution >= 0.6 is 0 Å². The largest absolute Gasteiger partial charge is 0.497 e. The van der Waals surface area contributed by atoms with Crippen LogP contribution in [0.1, 0.15) is 39.4 Å². The Hall–Kier alpha value is -3.96. The van der Waals surface area contributed by atoms with Crippen LogP contribution in [-0.4, -0.2) is 41.9 Å². The Morgan fingerprint density at radius 1 is 0.872 bits per heavy atom. The summed E-state index contributed by atoms with van der Waals surface area (Å²) in [6, 6.07) is 31.8. The minimum atomic E-state index is -0.270. The van der Waals surface area contributed by atoms with Gasteiger partial charge in [0.2, 0.25) is 5.91 Å². The van der Waals surface area contributed by atoms with Gasteiger partial charge in [-0.3, -0.25) is 9.69 Å². The lowest BCUT2D eigenvalue weighted by Gasteiger charge is -2.39. The Morgan fingerprint density at radius 2 is 1.51 bits per heavy atom. The smallest absolute Gasteiger partial charge is 0.237 e. The van der Waals surface area contributed by atoms with Crippen molar-refractivity contribution in [2.45, 2.75) is 37.9 Å². The van der Waals surface area contributed by atoms with E-state index in [9.17, 15) is 9.18 Å². The maximum absolute atomic E-state index is 14.8. The van der Waals surface area contributed by atoms with Crippen molar-refractivity contribution in [1.29, 1.82) is 0 Å². The Bertz CT molecular complexity index is 1440. The lowest BCUT2D eigenvalue weighted by molar-refractivity contribution is -0.136. The first-order chi connectivity index (χ1) is 19.1. The van der Waals surface area contributed by atoms with Crippen LogP contribution in [0.4, 0.5) is 4.39 Å². The Morgan fingerprint density at radius 3 is 2.21 bits per heavy atom. The maximum atomic E-state index is 14.8. The van der Waals surface area contributed by atoms with Crippen LogP contribution < -0.4 is 4.74 Å². The van der Waals surface area contributed by atoms with Crippen LogP contribution in [0.5, 0.6) is 5.75 Å². The Labute approximate surface area is 229 Å². The van der Waals surface area contributed by atoms with E-state index in [1.165, 1.54) is 28.3 Å². The molecule has 2 aliphatic rings. The SMILES string of the molecule is COc1ccc(C2c3ccccc3CCN2CC(=O)N(Cc2ccccc2F)C2Cc3ccccc3C2)cc1. The molecule has 0 N–H and O–H groups in total.